The van der Waals surface area contributed by atoms with E-state index in [2.05, 4.69) is 4.74 Å². The molecular weight excluding hydrogens is 445 g/mol. The fourth-order valence-corrected chi connectivity index (χ4v) is 1.52. The molecule has 0 bridgehead atoms. The van der Waals surface area contributed by atoms with Crippen molar-refractivity contribution in [2.24, 2.45) is 0 Å². The number of hydrogen-bond donors (Lipinski definition) is 2. The lowest BCUT2D eigenvalue weighted by molar-refractivity contribution is -0.472. The van der Waals surface area contributed by atoms with Crippen LogP contribution in [0.1, 0.15) is 0 Å². The number of carbonyl (C=O) groups is 1. The van der Waals surface area contributed by atoms with Gasteiger partial charge in [0.2, 0.25) is 0 Å². The quantitative estimate of drug-likeness (QED) is 0.496. The van der Waals surface area contributed by atoms with Crippen LogP contribution in [0.25, 0.3) is 0 Å². The van der Waals surface area contributed by atoms with Gasteiger partial charge in [0, 0.05) is 5.69 Å². The second-order valence-corrected chi connectivity index (χ2v) is 5.06. The van der Waals surface area contributed by atoms with Crippen LogP contribution in [0, 0.1) is 5.21 Å². The van der Waals surface area contributed by atoms with E-state index in [-0.39, 0.29) is 0 Å². The lowest BCUT2D eigenvalue weighted by atomic mass is 10.2. The maximum absolute atomic E-state index is 14.0. The van der Waals surface area contributed by atoms with Crippen LogP contribution < -0.4 is 10.5 Å². The molecule has 0 fully saturated rings. The summed E-state index contributed by atoms with van der Waals surface area (Å²) < 4.78 is 142. The Balaban J connectivity index is 3.25. The van der Waals surface area contributed by atoms with Crippen molar-refractivity contribution in [2.45, 2.75) is 30.2 Å². The molecule has 1 unspecified atom stereocenters. The maximum atomic E-state index is 14.0. The molecule has 0 saturated carbocycles. The van der Waals surface area contributed by atoms with Gasteiger partial charge in [0.25, 0.3) is 5.91 Å². The summed E-state index contributed by atoms with van der Waals surface area (Å²) in [5.41, 5.74) is -1.45. The molecule has 1 atom stereocenters. The van der Waals surface area contributed by atoms with Gasteiger partial charge in [-0.3, -0.25) is 14.7 Å². The first-order chi connectivity index (χ1) is 12.8. The summed E-state index contributed by atoms with van der Waals surface area (Å²) in [6.45, 7) is 0. The van der Waals surface area contributed by atoms with Gasteiger partial charge in [0.1, 0.15) is 0 Å². The van der Waals surface area contributed by atoms with E-state index >= 15 is 0 Å². The van der Waals surface area contributed by atoms with Crippen LogP contribution in [0.2, 0.25) is 0 Å². The Hall–Kier alpha value is -2.40. The number of halogens is 11. The zero-order valence-electron chi connectivity index (χ0n) is 13.1. The van der Waals surface area contributed by atoms with Crippen LogP contribution in [-0.2, 0) is 9.53 Å². The van der Waals surface area contributed by atoms with Crippen LogP contribution in [0.4, 0.5) is 59.7 Å². The van der Waals surface area contributed by atoms with Gasteiger partial charge in [-0.05, 0) is 24.3 Å². The molecule has 17 heteroatoms. The van der Waals surface area contributed by atoms with Crippen molar-refractivity contribution >= 4 is 17.3 Å². The average molecular weight is 451 g/mol. The third-order valence-corrected chi connectivity index (χ3v) is 2.99. The minimum Gasteiger partial charge on any atom is -0.733 e. The summed E-state index contributed by atoms with van der Waals surface area (Å²) in [5.74, 6) is -16.9. The molecule has 0 aliphatic carbocycles. The van der Waals surface area contributed by atoms with Crippen LogP contribution in [0.15, 0.2) is 24.3 Å². The number of alkyl halides is 11. The van der Waals surface area contributed by atoms with Gasteiger partial charge >= 0.3 is 30.2 Å². The molecule has 0 heterocycles. The Bertz CT molecular complexity index is 733. The number of nitrogens with zero attached hydrogens (tertiary/aromatic N) is 1. The van der Waals surface area contributed by atoms with Crippen molar-refractivity contribution in [3.05, 3.63) is 29.5 Å². The number of carbonyl (C=O) groups excluding carboxylic acids is 1. The number of rotatable bonds is 6. The van der Waals surface area contributed by atoms with Crippen LogP contribution >= 0.6 is 0 Å². The average Bonchev–Trinajstić information content (AvgIpc) is 2.52. The fraction of sp³-hybridized carbons (Fsp3) is 0.417. The van der Waals surface area contributed by atoms with E-state index in [4.69, 9.17) is 5.21 Å². The Labute approximate surface area is 152 Å². The predicted molar refractivity (Wildman–Crippen MR) is 69.6 cm³/mol. The molecule has 0 saturated heterocycles. The van der Waals surface area contributed by atoms with Gasteiger partial charge in [-0.2, -0.15) is 48.3 Å². The SMILES string of the molecule is O=C(Nc1ccc(N([O-])O)cc1)C(F)(OC(F)(F)C(F)(F)C(F)(F)F)C(F)(F)F. The number of anilines is 2. The first-order valence-corrected chi connectivity index (χ1v) is 6.62. The van der Waals surface area contributed by atoms with Gasteiger partial charge in [0.05, 0.1) is 5.69 Å². The molecule has 166 valence electrons. The Morgan fingerprint density at radius 2 is 1.34 bits per heavy atom. The zero-order valence-corrected chi connectivity index (χ0v) is 13.1. The summed E-state index contributed by atoms with van der Waals surface area (Å²) in [6.07, 6.45) is -21.2. The van der Waals surface area contributed by atoms with E-state index in [1.165, 1.54) is 0 Å². The molecule has 1 aromatic carbocycles. The second-order valence-electron chi connectivity index (χ2n) is 5.06. The molecule has 1 rings (SSSR count). The lowest BCUT2D eigenvalue weighted by Gasteiger charge is -2.34. The van der Waals surface area contributed by atoms with E-state index in [1.807, 2.05) is 0 Å². The highest BCUT2D eigenvalue weighted by atomic mass is 19.4. The van der Waals surface area contributed by atoms with E-state index < -0.39 is 52.7 Å². The van der Waals surface area contributed by atoms with Crippen LogP contribution in [0.5, 0.6) is 0 Å². The minimum absolute atomic E-state index is 0.521. The van der Waals surface area contributed by atoms with Crippen molar-refractivity contribution < 1.29 is 63.0 Å². The van der Waals surface area contributed by atoms with Crippen molar-refractivity contribution in [2.75, 3.05) is 10.5 Å². The topological polar surface area (TPSA) is 84.9 Å². The van der Waals surface area contributed by atoms with Crippen LogP contribution in [-0.4, -0.2) is 41.4 Å². The molecule has 1 amide bonds. The van der Waals surface area contributed by atoms with Crippen molar-refractivity contribution in [3.63, 3.8) is 0 Å². The second kappa shape index (κ2) is 7.45. The zero-order chi connectivity index (χ0) is 23.1. The number of benzene rings is 1. The molecule has 6 nitrogen and oxygen atoms in total. The summed E-state index contributed by atoms with van der Waals surface area (Å²) in [5, 5.41) is 19.2. The highest BCUT2D eigenvalue weighted by Crippen LogP contribution is 2.51. The van der Waals surface area contributed by atoms with E-state index in [0.29, 0.717) is 24.3 Å². The van der Waals surface area contributed by atoms with Gasteiger partial charge in [-0.15, -0.1) is 0 Å². The maximum Gasteiger partial charge on any atom is 0.462 e. The number of ether oxygens (including phenoxy) is 1. The Morgan fingerprint density at radius 3 is 1.69 bits per heavy atom. The minimum atomic E-state index is -7.30. The van der Waals surface area contributed by atoms with Gasteiger partial charge < -0.3 is 15.8 Å². The normalized spacial score (nSPS) is 15.6. The van der Waals surface area contributed by atoms with Gasteiger partial charge in [-0.25, -0.2) is 0 Å². The Kier molecular flexibility index (Phi) is 6.33. The molecule has 0 aliphatic heterocycles. The van der Waals surface area contributed by atoms with E-state index in [0.717, 1.165) is 5.32 Å². The van der Waals surface area contributed by atoms with Crippen molar-refractivity contribution in [1.82, 2.24) is 0 Å². The van der Waals surface area contributed by atoms with Gasteiger partial charge in [0.15, 0.2) is 0 Å². The smallest absolute Gasteiger partial charge is 0.462 e. The van der Waals surface area contributed by atoms with Crippen molar-refractivity contribution in [1.29, 1.82) is 0 Å². The standard InChI is InChI=1S/C12H6F11N2O4/c13-8(10(16,17)18,29-12(22,23)9(14,15)11(19,20)21)7(26)24-5-1-3-6(4-2-5)25(27)28/h1-4,27H,(H,24,26)/q-1. The third-order valence-electron chi connectivity index (χ3n) is 2.99. The molecule has 0 radical (unpaired) electrons. The lowest BCUT2D eigenvalue weighted by Crippen LogP contribution is -2.62. The summed E-state index contributed by atoms with van der Waals surface area (Å²) in [7, 11) is 0. The number of hydrogen-bond acceptors (Lipinski definition) is 5. The van der Waals surface area contributed by atoms with E-state index in [1.54, 1.807) is 0 Å². The molecule has 0 spiro atoms. The monoisotopic (exact) mass is 451 g/mol. The first-order valence-electron chi connectivity index (χ1n) is 6.62. The molecule has 0 aromatic heterocycles. The fourth-order valence-electron chi connectivity index (χ4n) is 1.52. The number of amides is 1. The van der Waals surface area contributed by atoms with Crippen molar-refractivity contribution in [3.8, 4) is 0 Å². The predicted octanol–water partition coefficient (Wildman–Crippen LogP) is 4.35. The Morgan fingerprint density at radius 1 is 0.897 bits per heavy atom. The molecule has 29 heavy (non-hydrogen) atoms. The highest BCUT2D eigenvalue weighted by molar-refractivity contribution is 5.97. The molecule has 2 N–H and O–H groups in total. The van der Waals surface area contributed by atoms with E-state index in [9.17, 15) is 58.3 Å². The molecule has 0 aliphatic rings. The van der Waals surface area contributed by atoms with Crippen LogP contribution in [0.3, 0.4) is 0 Å². The molecular formula is C12H6F11N2O4-. The summed E-state index contributed by atoms with van der Waals surface area (Å²) in [6, 6.07) is 2.27. The molecule has 1 aromatic rings. The first kappa shape index (κ1) is 24.6. The summed E-state index contributed by atoms with van der Waals surface area (Å²) in [4.78, 5) is 11.4. The third kappa shape index (κ3) is 4.78. The summed E-state index contributed by atoms with van der Waals surface area (Å²) >= 11 is 0. The number of nitrogens with one attached hydrogen (secondary N) is 1. The highest BCUT2D eigenvalue weighted by Gasteiger charge is 2.79. The largest absolute Gasteiger partial charge is 0.733 e. The van der Waals surface area contributed by atoms with Gasteiger partial charge in [-0.1, -0.05) is 0 Å².